The van der Waals surface area contributed by atoms with E-state index in [4.69, 9.17) is 4.74 Å². The molecule has 0 aliphatic heterocycles. The van der Waals surface area contributed by atoms with Crippen molar-refractivity contribution in [2.45, 2.75) is 32.3 Å². The van der Waals surface area contributed by atoms with E-state index in [1.54, 1.807) is 36.4 Å². The van der Waals surface area contributed by atoms with E-state index in [1.807, 2.05) is 0 Å². The summed E-state index contributed by atoms with van der Waals surface area (Å²) in [7, 11) is 0. The minimum absolute atomic E-state index is 0.00759. The maximum absolute atomic E-state index is 13.0. The van der Waals surface area contributed by atoms with E-state index in [2.05, 4.69) is 5.32 Å². The molecule has 0 radical (unpaired) electrons. The fraction of sp³-hybridized carbons (Fsp3) is 0.286. The molecule has 1 aliphatic rings. The van der Waals surface area contributed by atoms with Crippen LogP contribution in [0.4, 0.5) is 10.1 Å². The summed E-state index contributed by atoms with van der Waals surface area (Å²) in [5, 5.41) is 2.63. The number of halogens is 1. The smallest absolute Gasteiger partial charge is 0.310 e. The highest BCUT2D eigenvalue weighted by molar-refractivity contribution is 6.04. The van der Waals surface area contributed by atoms with Gasteiger partial charge < -0.3 is 10.1 Å². The predicted molar refractivity (Wildman–Crippen MR) is 97.9 cm³/mol. The molecule has 2 aromatic carbocycles. The van der Waals surface area contributed by atoms with Crippen LogP contribution in [0.2, 0.25) is 0 Å². The monoisotopic (exact) mass is 369 g/mol. The Balaban J connectivity index is 1.57. The summed E-state index contributed by atoms with van der Waals surface area (Å²) in [5.74, 6) is -1.78. The molecule has 1 saturated carbocycles. The van der Waals surface area contributed by atoms with Crippen LogP contribution in [-0.2, 0) is 14.3 Å². The number of nitrogens with one attached hydrogen (secondary N) is 1. The number of para-hydroxylation sites is 1. The third-order valence-electron chi connectivity index (χ3n) is 4.62. The predicted octanol–water partition coefficient (Wildman–Crippen LogP) is 3.70. The van der Waals surface area contributed by atoms with Gasteiger partial charge in [0, 0.05) is 5.56 Å². The number of Topliss-reactive ketones (excluding diaryl/α,β-unsaturated/α-hetero) is 1. The quantitative estimate of drug-likeness (QED) is 0.622. The molecule has 1 N–H and O–H groups in total. The third kappa shape index (κ3) is 4.39. The number of carbonyl (C=O) groups excluding carboxylic acids is 3. The lowest BCUT2D eigenvalue weighted by atomic mass is 10.1. The van der Waals surface area contributed by atoms with Crippen molar-refractivity contribution in [1.82, 2.24) is 0 Å². The van der Waals surface area contributed by atoms with Crippen LogP contribution >= 0.6 is 0 Å². The highest BCUT2D eigenvalue weighted by Crippen LogP contribution is 2.48. The molecule has 140 valence electrons. The number of rotatable bonds is 6. The maximum Gasteiger partial charge on any atom is 0.310 e. The first kappa shape index (κ1) is 18.8. The largest absolute Gasteiger partial charge is 0.452 e. The first-order chi connectivity index (χ1) is 12.9. The van der Waals surface area contributed by atoms with E-state index in [1.165, 1.54) is 26.0 Å². The zero-order valence-corrected chi connectivity index (χ0v) is 15.1. The number of hydrogen-bond acceptors (Lipinski definition) is 4. The Morgan fingerprint density at radius 3 is 2.44 bits per heavy atom. The molecule has 3 atom stereocenters. The lowest BCUT2D eigenvalue weighted by Gasteiger charge is -2.15. The second kappa shape index (κ2) is 7.70. The van der Waals surface area contributed by atoms with Crippen LogP contribution in [0.15, 0.2) is 48.5 Å². The number of ether oxygens (including phenoxy) is 1. The van der Waals surface area contributed by atoms with Crippen molar-refractivity contribution in [3.63, 3.8) is 0 Å². The van der Waals surface area contributed by atoms with Gasteiger partial charge in [-0.3, -0.25) is 14.4 Å². The molecule has 0 spiro atoms. The normalized spacial score (nSPS) is 19.1. The van der Waals surface area contributed by atoms with Crippen LogP contribution in [0.5, 0.6) is 0 Å². The zero-order chi connectivity index (χ0) is 19.6. The topological polar surface area (TPSA) is 72.5 Å². The Hall–Kier alpha value is -3.02. The molecule has 0 saturated heterocycles. The van der Waals surface area contributed by atoms with Gasteiger partial charge in [0.15, 0.2) is 11.9 Å². The van der Waals surface area contributed by atoms with Crippen molar-refractivity contribution in [3.8, 4) is 0 Å². The van der Waals surface area contributed by atoms with Gasteiger partial charge in [-0.1, -0.05) is 24.3 Å². The molecule has 0 aromatic heterocycles. The molecule has 3 rings (SSSR count). The van der Waals surface area contributed by atoms with Gasteiger partial charge in [0.25, 0.3) is 5.91 Å². The van der Waals surface area contributed by atoms with E-state index < -0.39 is 18.0 Å². The van der Waals surface area contributed by atoms with Crippen LogP contribution in [0.25, 0.3) is 0 Å². The summed E-state index contributed by atoms with van der Waals surface area (Å²) < 4.78 is 18.3. The van der Waals surface area contributed by atoms with Gasteiger partial charge in [0.1, 0.15) is 5.82 Å². The molecule has 5 nitrogen and oxygen atoms in total. The van der Waals surface area contributed by atoms with Crippen molar-refractivity contribution in [3.05, 3.63) is 65.5 Å². The molecule has 1 fully saturated rings. The molecule has 0 bridgehead atoms. The van der Waals surface area contributed by atoms with Crippen molar-refractivity contribution in [2.24, 2.45) is 5.92 Å². The lowest BCUT2D eigenvalue weighted by molar-refractivity contribution is -0.154. The van der Waals surface area contributed by atoms with Gasteiger partial charge in [-0.2, -0.15) is 0 Å². The Kier molecular flexibility index (Phi) is 5.35. The molecule has 1 amide bonds. The summed E-state index contributed by atoms with van der Waals surface area (Å²) in [6, 6.07) is 12.7. The zero-order valence-electron chi connectivity index (χ0n) is 15.1. The number of esters is 1. The van der Waals surface area contributed by atoms with Gasteiger partial charge in [-0.25, -0.2) is 4.39 Å². The lowest BCUT2D eigenvalue weighted by Crippen LogP contribution is -2.31. The minimum atomic E-state index is -0.994. The van der Waals surface area contributed by atoms with Crippen LogP contribution in [0.3, 0.4) is 0 Å². The molecule has 1 aliphatic carbocycles. The highest BCUT2D eigenvalue weighted by Gasteiger charge is 2.46. The molecule has 0 heterocycles. The van der Waals surface area contributed by atoms with Gasteiger partial charge in [0.2, 0.25) is 0 Å². The number of carbonyl (C=O) groups is 3. The second-order valence-corrected chi connectivity index (χ2v) is 6.67. The standard InChI is InChI=1S/C21H20FNO4/c1-12(24)16-5-3-4-6-19(16)23-20(25)13(2)27-21(26)18-11-17(18)14-7-9-15(22)10-8-14/h3-10,13,17-18H,11H2,1-2H3,(H,23,25). The van der Waals surface area contributed by atoms with Crippen LogP contribution < -0.4 is 5.32 Å². The number of hydrogen-bond donors (Lipinski definition) is 1. The van der Waals surface area contributed by atoms with Crippen LogP contribution in [-0.4, -0.2) is 23.8 Å². The first-order valence-corrected chi connectivity index (χ1v) is 8.73. The summed E-state index contributed by atoms with van der Waals surface area (Å²) in [6.45, 7) is 2.90. The van der Waals surface area contributed by atoms with Crippen molar-refractivity contribution >= 4 is 23.3 Å². The average molecular weight is 369 g/mol. The molecule has 6 heteroatoms. The van der Waals surface area contributed by atoms with Crippen molar-refractivity contribution in [2.75, 3.05) is 5.32 Å². The summed E-state index contributed by atoms with van der Waals surface area (Å²) >= 11 is 0. The molecular formula is C21H20FNO4. The Labute approximate surface area is 156 Å². The Morgan fingerprint density at radius 1 is 1.11 bits per heavy atom. The highest BCUT2D eigenvalue weighted by atomic mass is 19.1. The Bertz CT molecular complexity index is 878. The number of amides is 1. The van der Waals surface area contributed by atoms with Crippen LogP contribution in [0, 0.1) is 11.7 Å². The second-order valence-electron chi connectivity index (χ2n) is 6.67. The SMILES string of the molecule is CC(=O)c1ccccc1NC(=O)C(C)OC(=O)C1CC1c1ccc(F)cc1. The fourth-order valence-electron chi connectivity index (χ4n) is 2.98. The Morgan fingerprint density at radius 2 is 1.78 bits per heavy atom. The van der Waals surface area contributed by atoms with E-state index in [0.29, 0.717) is 17.7 Å². The third-order valence-corrected chi connectivity index (χ3v) is 4.62. The van der Waals surface area contributed by atoms with Crippen molar-refractivity contribution < 1.29 is 23.5 Å². The number of benzene rings is 2. The maximum atomic E-state index is 13.0. The first-order valence-electron chi connectivity index (χ1n) is 8.73. The summed E-state index contributed by atoms with van der Waals surface area (Å²) in [6.07, 6.45) is -0.376. The molecular weight excluding hydrogens is 349 g/mol. The van der Waals surface area contributed by atoms with E-state index >= 15 is 0 Å². The van der Waals surface area contributed by atoms with Crippen molar-refractivity contribution in [1.29, 1.82) is 0 Å². The van der Waals surface area contributed by atoms with Gasteiger partial charge in [0.05, 0.1) is 11.6 Å². The molecule has 3 unspecified atom stereocenters. The van der Waals surface area contributed by atoms with E-state index in [9.17, 15) is 18.8 Å². The number of anilines is 1. The van der Waals surface area contributed by atoms with Gasteiger partial charge >= 0.3 is 5.97 Å². The minimum Gasteiger partial charge on any atom is -0.452 e. The van der Waals surface area contributed by atoms with Gasteiger partial charge in [-0.05, 0) is 56.0 Å². The fourth-order valence-corrected chi connectivity index (χ4v) is 2.98. The van der Waals surface area contributed by atoms with E-state index in [0.717, 1.165) is 5.56 Å². The van der Waals surface area contributed by atoms with E-state index in [-0.39, 0.29) is 23.4 Å². The number of ketones is 1. The summed E-state index contributed by atoms with van der Waals surface area (Å²) in [5.41, 5.74) is 1.65. The van der Waals surface area contributed by atoms with Crippen LogP contribution in [0.1, 0.15) is 42.1 Å². The average Bonchev–Trinajstić information content (AvgIpc) is 3.43. The van der Waals surface area contributed by atoms with Gasteiger partial charge in [-0.15, -0.1) is 0 Å². The summed E-state index contributed by atoms with van der Waals surface area (Å²) in [4.78, 5) is 36.2. The molecule has 27 heavy (non-hydrogen) atoms. The molecule has 2 aromatic rings.